The Bertz CT molecular complexity index is 264. The highest BCUT2D eigenvalue weighted by Gasteiger charge is 2.50. The molecule has 7 heteroatoms. The monoisotopic (exact) mass is 220 g/mol. The average molecular weight is 220 g/mol. The summed E-state index contributed by atoms with van der Waals surface area (Å²) in [4.78, 5) is 1.32. The van der Waals surface area contributed by atoms with Crippen LogP contribution in [0.3, 0.4) is 0 Å². The minimum absolute atomic E-state index is 0.285. The molecule has 0 aromatic carbocycles. The van der Waals surface area contributed by atoms with Crippen LogP contribution in [-0.2, 0) is 0 Å². The Morgan fingerprint density at radius 2 is 1.79 bits per heavy atom. The molecular formula is C7H12N2O4S. The molecule has 2 aliphatic rings. The molecule has 0 aromatic heterocycles. The largest absolute Gasteiger partial charge is 0.388 e. The van der Waals surface area contributed by atoms with Crippen molar-refractivity contribution in [2.75, 3.05) is 6.54 Å². The predicted octanol–water partition coefficient (Wildman–Crippen LogP) is -3.04. The van der Waals surface area contributed by atoms with Crippen LogP contribution in [0, 0.1) is 0 Å². The fourth-order valence-electron chi connectivity index (χ4n) is 1.90. The molecule has 5 N–H and O–H groups in total. The van der Waals surface area contributed by atoms with Crippen molar-refractivity contribution in [1.29, 1.82) is 0 Å². The number of hydrogen-bond acceptors (Lipinski definition) is 5. The Morgan fingerprint density at radius 1 is 1.14 bits per heavy atom. The first-order valence-corrected chi connectivity index (χ1v) is 4.73. The topological polar surface area (TPSA) is 96.2 Å². The third-order valence-corrected chi connectivity index (χ3v) is 3.09. The van der Waals surface area contributed by atoms with E-state index in [2.05, 4.69) is 5.32 Å². The summed E-state index contributed by atoms with van der Waals surface area (Å²) in [5.74, 6) is 0. The zero-order valence-electron chi connectivity index (χ0n) is 7.24. The number of rotatable bonds is 0. The number of nitrogens with zero attached hydrogens (tertiary/aromatic N) is 1. The van der Waals surface area contributed by atoms with Crippen molar-refractivity contribution in [2.24, 2.45) is 0 Å². The molecule has 5 atom stereocenters. The van der Waals surface area contributed by atoms with Crippen LogP contribution in [0.5, 0.6) is 0 Å². The van der Waals surface area contributed by atoms with Crippen LogP contribution < -0.4 is 5.32 Å². The summed E-state index contributed by atoms with van der Waals surface area (Å²) in [6.07, 6.45) is -5.12. The highest BCUT2D eigenvalue weighted by atomic mass is 32.1. The second kappa shape index (κ2) is 3.28. The maximum absolute atomic E-state index is 9.59. The van der Waals surface area contributed by atoms with Gasteiger partial charge in [0.25, 0.3) is 0 Å². The van der Waals surface area contributed by atoms with Gasteiger partial charge in [-0.3, -0.25) is 0 Å². The predicted molar refractivity (Wildman–Crippen MR) is 50.3 cm³/mol. The van der Waals surface area contributed by atoms with Crippen molar-refractivity contribution in [1.82, 2.24) is 10.2 Å². The molecule has 0 bridgehead atoms. The molecule has 2 saturated heterocycles. The standard InChI is InChI=1S/C7H12N2O4S/c10-3-2-1-8-7(14)9(2)6(13)5(12)4(3)11/h2-6,10-13H,1H2,(H,8,14)/t2-,3-,4+,5-,6-/m1/s1. The summed E-state index contributed by atoms with van der Waals surface area (Å²) in [5.41, 5.74) is 0. The van der Waals surface area contributed by atoms with Crippen molar-refractivity contribution in [3.05, 3.63) is 0 Å². The van der Waals surface area contributed by atoms with Gasteiger partial charge in [-0.2, -0.15) is 0 Å². The van der Waals surface area contributed by atoms with Gasteiger partial charge in [0.1, 0.15) is 18.3 Å². The summed E-state index contributed by atoms with van der Waals surface area (Å²) in [6.45, 7) is 0.362. The summed E-state index contributed by atoms with van der Waals surface area (Å²) in [5, 5.41) is 41.0. The molecule has 80 valence electrons. The summed E-state index contributed by atoms with van der Waals surface area (Å²) >= 11 is 4.89. The van der Waals surface area contributed by atoms with E-state index in [1.807, 2.05) is 0 Å². The number of hydrogen-bond donors (Lipinski definition) is 5. The first kappa shape index (κ1) is 10.1. The van der Waals surface area contributed by atoms with Gasteiger partial charge in [0, 0.05) is 6.54 Å². The van der Waals surface area contributed by atoms with E-state index in [4.69, 9.17) is 12.2 Å². The molecule has 0 radical (unpaired) electrons. The first-order chi connectivity index (χ1) is 6.54. The van der Waals surface area contributed by atoms with Gasteiger partial charge in [0.2, 0.25) is 0 Å². The molecule has 0 amide bonds. The van der Waals surface area contributed by atoms with Gasteiger partial charge in [0.15, 0.2) is 11.3 Å². The van der Waals surface area contributed by atoms with Crippen LogP contribution >= 0.6 is 12.2 Å². The van der Waals surface area contributed by atoms with E-state index in [9.17, 15) is 20.4 Å². The van der Waals surface area contributed by atoms with Crippen molar-refractivity contribution in [2.45, 2.75) is 30.6 Å². The SMILES string of the molecule is O[C@@H]1[C@@H](O)[C@@H](O)N2C(=S)NC[C@@H]2[C@H]1O. The quantitative estimate of drug-likeness (QED) is 0.277. The number of fused-ring (bicyclic) bond motifs is 1. The molecule has 2 heterocycles. The average Bonchev–Trinajstić information content (AvgIpc) is 2.54. The second-order valence-corrected chi connectivity index (χ2v) is 3.93. The Morgan fingerprint density at radius 3 is 2.43 bits per heavy atom. The van der Waals surface area contributed by atoms with Crippen LogP contribution in [0.25, 0.3) is 0 Å². The highest BCUT2D eigenvalue weighted by Crippen LogP contribution is 2.25. The smallest absolute Gasteiger partial charge is 0.171 e. The van der Waals surface area contributed by atoms with Gasteiger partial charge in [-0.05, 0) is 12.2 Å². The van der Waals surface area contributed by atoms with E-state index in [0.29, 0.717) is 6.54 Å². The van der Waals surface area contributed by atoms with Crippen molar-refractivity contribution in [3.8, 4) is 0 Å². The molecule has 14 heavy (non-hydrogen) atoms. The fourth-order valence-corrected chi connectivity index (χ4v) is 2.23. The van der Waals surface area contributed by atoms with Crippen molar-refractivity contribution in [3.63, 3.8) is 0 Å². The molecule has 0 spiro atoms. The van der Waals surface area contributed by atoms with Crippen LogP contribution in [0.1, 0.15) is 0 Å². The van der Waals surface area contributed by atoms with Gasteiger partial charge in [-0.1, -0.05) is 0 Å². The molecule has 2 aliphatic heterocycles. The zero-order valence-corrected chi connectivity index (χ0v) is 8.05. The highest BCUT2D eigenvalue weighted by molar-refractivity contribution is 7.80. The van der Waals surface area contributed by atoms with Crippen LogP contribution in [0.2, 0.25) is 0 Å². The number of thiocarbonyl (C=S) groups is 1. The molecule has 2 rings (SSSR count). The summed E-state index contributed by atoms with van der Waals surface area (Å²) in [6, 6.07) is -0.476. The summed E-state index contributed by atoms with van der Waals surface area (Å²) < 4.78 is 0. The van der Waals surface area contributed by atoms with Crippen LogP contribution in [0.4, 0.5) is 0 Å². The van der Waals surface area contributed by atoms with E-state index in [0.717, 1.165) is 0 Å². The maximum Gasteiger partial charge on any atom is 0.171 e. The van der Waals surface area contributed by atoms with E-state index >= 15 is 0 Å². The normalized spacial score (nSPS) is 47.6. The van der Waals surface area contributed by atoms with Gasteiger partial charge in [-0.25, -0.2) is 0 Å². The molecular weight excluding hydrogens is 208 g/mol. The summed E-state index contributed by atoms with van der Waals surface area (Å²) in [7, 11) is 0. The molecule has 0 aliphatic carbocycles. The number of piperidine rings is 1. The van der Waals surface area contributed by atoms with Crippen LogP contribution in [-0.4, -0.2) is 67.6 Å². The van der Waals surface area contributed by atoms with E-state index < -0.39 is 30.6 Å². The number of aliphatic hydroxyl groups is 4. The minimum atomic E-state index is -1.40. The lowest BCUT2D eigenvalue weighted by Crippen LogP contribution is -2.65. The fraction of sp³-hybridized carbons (Fsp3) is 0.857. The molecule has 0 aromatic rings. The lowest BCUT2D eigenvalue weighted by atomic mass is 9.94. The Balaban J connectivity index is 2.27. The van der Waals surface area contributed by atoms with E-state index in [1.165, 1.54) is 4.90 Å². The van der Waals surface area contributed by atoms with Crippen LogP contribution in [0.15, 0.2) is 0 Å². The third-order valence-electron chi connectivity index (χ3n) is 2.74. The molecule has 6 nitrogen and oxygen atoms in total. The molecule has 2 fully saturated rings. The lowest BCUT2D eigenvalue weighted by Gasteiger charge is -2.43. The van der Waals surface area contributed by atoms with Gasteiger partial charge >= 0.3 is 0 Å². The minimum Gasteiger partial charge on any atom is -0.388 e. The van der Waals surface area contributed by atoms with E-state index in [-0.39, 0.29) is 5.11 Å². The first-order valence-electron chi connectivity index (χ1n) is 4.32. The lowest BCUT2D eigenvalue weighted by molar-refractivity contribution is -0.190. The zero-order chi connectivity index (χ0) is 10.5. The Labute approximate surface area is 85.8 Å². The van der Waals surface area contributed by atoms with Crippen molar-refractivity contribution >= 4 is 17.3 Å². The third kappa shape index (κ3) is 1.21. The van der Waals surface area contributed by atoms with Gasteiger partial charge in [0.05, 0.1) is 6.04 Å². The second-order valence-electron chi connectivity index (χ2n) is 3.55. The number of nitrogens with one attached hydrogen (secondary N) is 1. The Kier molecular flexibility index (Phi) is 2.36. The van der Waals surface area contributed by atoms with Gasteiger partial charge < -0.3 is 30.6 Å². The Hall–Kier alpha value is -0.470. The molecule has 0 unspecified atom stereocenters. The molecule has 0 saturated carbocycles. The van der Waals surface area contributed by atoms with E-state index in [1.54, 1.807) is 0 Å². The number of aliphatic hydroxyl groups excluding tert-OH is 4. The van der Waals surface area contributed by atoms with Gasteiger partial charge in [-0.15, -0.1) is 0 Å². The van der Waals surface area contributed by atoms with Crippen molar-refractivity contribution < 1.29 is 20.4 Å². The maximum atomic E-state index is 9.59.